The Hall–Kier alpha value is -1.56. The van der Waals surface area contributed by atoms with E-state index in [0.717, 1.165) is 35.7 Å². The average Bonchev–Trinajstić information content (AvgIpc) is 2.68. The average molecular weight is 349 g/mol. The van der Waals surface area contributed by atoms with E-state index in [0.29, 0.717) is 0 Å². The van der Waals surface area contributed by atoms with Gasteiger partial charge < -0.3 is 0 Å². The van der Waals surface area contributed by atoms with Gasteiger partial charge in [-0.2, -0.15) is 0 Å². The summed E-state index contributed by atoms with van der Waals surface area (Å²) < 4.78 is 0. The van der Waals surface area contributed by atoms with Crippen molar-refractivity contribution in [2.45, 2.75) is 70.6 Å². The molecule has 2 aliphatic rings. The first kappa shape index (κ1) is 19.2. The monoisotopic (exact) mass is 348 g/mol. The van der Waals surface area contributed by atoms with Gasteiger partial charge in [0.05, 0.1) is 0 Å². The zero-order chi connectivity index (χ0) is 18.5. The molecule has 0 amide bonds. The van der Waals surface area contributed by atoms with E-state index < -0.39 is 0 Å². The zero-order valence-electron chi connectivity index (χ0n) is 16.7. The third kappa shape index (κ3) is 4.40. The second kappa shape index (κ2) is 8.89. The third-order valence-electron chi connectivity index (χ3n) is 7.01. The molecular weight excluding hydrogens is 312 g/mol. The lowest BCUT2D eigenvalue weighted by molar-refractivity contribution is 0.171. The molecule has 2 saturated carbocycles. The van der Waals surface area contributed by atoms with Gasteiger partial charge in [-0.3, -0.25) is 0 Å². The highest BCUT2D eigenvalue weighted by Crippen LogP contribution is 2.44. The Morgan fingerprint density at radius 1 is 0.962 bits per heavy atom. The fourth-order valence-corrected chi connectivity index (χ4v) is 5.38. The van der Waals surface area contributed by atoms with Crippen LogP contribution in [0, 0.1) is 17.8 Å². The van der Waals surface area contributed by atoms with Gasteiger partial charge in [-0.25, -0.2) is 0 Å². The quantitative estimate of drug-likeness (QED) is 0.462. The minimum absolute atomic E-state index is 0.749. The van der Waals surface area contributed by atoms with Gasteiger partial charge in [0.25, 0.3) is 0 Å². The van der Waals surface area contributed by atoms with E-state index in [-0.39, 0.29) is 0 Å². The highest BCUT2D eigenvalue weighted by atomic mass is 14.4. The SMILES string of the molecule is C=CCc1cc(C2CCC(C3CCC(C=C)CC3)CC2)ccc1C(=C)C. The smallest absolute Gasteiger partial charge is 0.00940 e. The molecule has 2 fully saturated rings. The Labute approximate surface area is 161 Å². The number of rotatable bonds is 6. The molecule has 0 aliphatic heterocycles. The van der Waals surface area contributed by atoms with Crippen LogP contribution in [0.1, 0.15) is 80.9 Å². The molecule has 0 aromatic heterocycles. The number of allylic oxidation sites excluding steroid dienone is 3. The van der Waals surface area contributed by atoms with Gasteiger partial charge in [-0.15, -0.1) is 13.2 Å². The molecule has 0 radical (unpaired) electrons. The highest BCUT2D eigenvalue weighted by Gasteiger charge is 2.30. The first-order chi connectivity index (χ1) is 12.6. The number of hydrogen-bond donors (Lipinski definition) is 0. The lowest BCUT2D eigenvalue weighted by Crippen LogP contribution is -2.25. The van der Waals surface area contributed by atoms with E-state index in [1.165, 1.54) is 62.5 Å². The topological polar surface area (TPSA) is 0 Å². The van der Waals surface area contributed by atoms with Gasteiger partial charge in [0.2, 0.25) is 0 Å². The van der Waals surface area contributed by atoms with Crippen LogP contribution in [0.2, 0.25) is 0 Å². The first-order valence-electron chi connectivity index (χ1n) is 10.6. The van der Waals surface area contributed by atoms with Crippen LogP contribution in [0.3, 0.4) is 0 Å². The fraction of sp³-hybridized carbons (Fsp3) is 0.538. The molecule has 140 valence electrons. The maximum Gasteiger partial charge on any atom is -0.00940 e. The van der Waals surface area contributed by atoms with Crippen molar-refractivity contribution in [3.63, 3.8) is 0 Å². The minimum Gasteiger partial charge on any atom is -0.103 e. The largest absolute Gasteiger partial charge is 0.103 e. The molecule has 0 heteroatoms. The predicted molar refractivity (Wildman–Crippen MR) is 115 cm³/mol. The number of hydrogen-bond acceptors (Lipinski definition) is 0. The molecule has 0 unspecified atom stereocenters. The maximum atomic E-state index is 4.14. The molecule has 1 aromatic carbocycles. The summed E-state index contributed by atoms with van der Waals surface area (Å²) in [5.41, 5.74) is 5.41. The van der Waals surface area contributed by atoms with Crippen molar-refractivity contribution in [3.05, 3.63) is 66.8 Å². The van der Waals surface area contributed by atoms with Crippen LogP contribution < -0.4 is 0 Å². The molecule has 26 heavy (non-hydrogen) atoms. The molecule has 3 rings (SSSR count). The standard InChI is InChI=1S/C26H36/c1-5-7-25-18-24(16-17-26(25)19(3)4)23-14-12-22(13-15-23)21-10-8-20(6-2)9-11-21/h5-6,16-18,20-23H,1-3,7-15H2,4H3. The molecule has 0 N–H and O–H groups in total. The van der Waals surface area contributed by atoms with E-state index in [2.05, 4.69) is 50.9 Å². The summed E-state index contributed by atoms with van der Waals surface area (Å²) in [5.74, 6) is 3.49. The van der Waals surface area contributed by atoms with Gasteiger partial charge >= 0.3 is 0 Å². The van der Waals surface area contributed by atoms with Crippen molar-refractivity contribution in [1.29, 1.82) is 0 Å². The Bertz CT molecular complexity index is 634. The Morgan fingerprint density at radius 2 is 1.58 bits per heavy atom. The zero-order valence-corrected chi connectivity index (χ0v) is 16.7. The summed E-state index contributed by atoms with van der Waals surface area (Å²) in [6.07, 6.45) is 16.3. The lowest BCUT2D eigenvalue weighted by Gasteiger charge is -2.37. The van der Waals surface area contributed by atoms with Gasteiger partial charge in [-0.1, -0.05) is 42.5 Å². The Balaban J connectivity index is 1.61. The van der Waals surface area contributed by atoms with E-state index in [4.69, 9.17) is 0 Å². The van der Waals surface area contributed by atoms with E-state index >= 15 is 0 Å². The molecule has 0 saturated heterocycles. The van der Waals surface area contributed by atoms with E-state index in [9.17, 15) is 0 Å². The van der Waals surface area contributed by atoms with Crippen LogP contribution in [0.25, 0.3) is 5.57 Å². The minimum atomic E-state index is 0.749. The van der Waals surface area contributed by atoms with Gasteiger partial charge in [0.1, 0.15) is 0 Å². The van der Waals surface area contributed by atoms with Crippen LogP contribution in [0.4, 0.5) is 0 Å². The van der Waals surface area contributed by atoms with Crippen molar-refractivity contribution in [2.24, 2.45) is 17.8 Å². The summed E-state index contributed by atoms with van der Waals surface area (Å²) in [4.78, 5) is 0. The summed E-state index contributed by atoms with van der Waals surface area (Å²) in [6.45, 7) is 14.2. The molecule has 0 nitrogen and oxygen atoms in total. The van der Waals surface area contributed by atoms with Gasteiger partial charge in [-0.05, 0) is 105 Å². The van der Waals surface area contributed by atoms with Crippen molar-refractivity contribution in [2.75, 3.05) is 0 Å². The molecule has 0 bridgehead atoms. The van der Waals surface area contributed by atoms with Crippen LogP contribution in [0.5, 0.6) is 0 Å². The molecule has 2 aliphatic carbocycles. The van der Waals surface area contributed by atoms with Crippen LogP contribution in [0.15, 0.2) is 50.1 Å². The predicted octanol–water partition coefficient (Wildman–Crippen LogP) is 7.71. The fourth-order valence-electron chi connectivity index (χ4n) is 5.38. The van der Waals surface area contributed by atoms with Crippen LogP contribution >= 0.6 is 0 Å². The molecule has 1 aromatic rings. The van der Waals surface area contributed by atoms with Gasteiger partial charge in [0, 0.05) is 0 Å². The second-order valence-electron chi connectivity index (χ2n) is 8.71. The van der Waals surface area contributed by atoms with Crippen molar-refractivity contribution in [3.8, 4) is 0 Å². The number of benzene rings is 1. The summed E-state index contributed by atoms with van der Waals surface area (Å²) in [5, 5.41) is 0. The summed E-state index contributed by atoms with van der Waals surface area (Å²) in [7, 11) is 0. The van der Waals surface area contributed by atoms with Crippen molar-refractivity contribution < 1.29 is 0 Å². The van der Waals surface area contributed by atoms with Crippen LogP contribution in [-0.4, -0.2) is 0 Å². The normalized spacial score (nSPS) is 29.1. The maximum absolute atomic E-state index is 4.14. The second-order valence-corrected chi connectivity index (χ2v) is 8.71. The summed E-state index contributed by atoms with van der Waals surface area (Å²) >= 11 is 0. The highest BCUT2D eigenvalue weighted by molar-refractivity contribution is 5.65. The third-order valence-corrected chi connectivity index (χ3v) is 7.01. The van der Waals surface area contributed by atoms with E-state index in [1.807, 2.05) is 6.08 Å². The first-order valence-corrected chi connectivity index (χ1v) is 10.6. The van der Waals surface area contributed by atoms with Crippen molar-refractivity contribution in [1.82, 2.24) is 0 Å². The lowest BCUT2D eigenvalue weighted by atomic mass is 9.68. The Kier molecular flexibility index (Phi) is 6.57. The molecule has 0 atom stereocenters. The van der Waals surface area contributed by atoms with Gasteiger partial charge in [0.15, 0.2) is 0 Å². The summed E-state index contributed by atoms with van der Waals surface area (Å²) in [6, 6.07) is 7.09. The molecule has 0 heterocycles. The molecular formula is C26H36. The Morgan fingerprint density at radius 3 is 2.12 bits per heavy atom. The molecule has 0 spiro atoms. The van der Waals surface area contributed by atoms with Crippen LogP contribution in [-0.2, 0) is 6.42 Å². The van der Waals surface area contributed by atoms with Crippen molar-refractivity contribution >= 4 is 5.57 Å². The van der Waals surface area contributed by atoms with E-state index in [1.54, 1.807) is 5.56 Å².